The highest BCUT2D eigenvalue weighted by Crippen LogP contribution is 2.32. The van der Waals surface area contributed by atoms with Crippen molar-refractivity contribution < 1.29 is 19.2 Å². The van der Waals surface area contributed by atoms with Crippen molar-refractivity contribution in [3.63, 3.8) is 0 Å². The molecule has 26 heavy (non-hydrogen) atoms. The predicted octanol–water partition coefficient (Wildman–Crippen LogP) is 1.11. The summed E-state index contributed by atoms with van der Waals surface area (Å²) in [5.74, 6) is 0.486. The molecule has 1 N–H and O–H groups in total. The smallest absolute Gasteiger partial charge is 0.222 e. The van der Waals surface area contributed by atoms with Crippen molar-refractivity contribution >= 4 is 23.5 Å². The van der Waals surface area contributed by atoms with Gasteiger partial charge in [-0.05, 0) is 31.6 Å². The lowest BCUT2D eigenvalue weighted by molar-refractivity contribution is -0.135. The van der Waals surface area contributed by atoms with E-state index in [1.54, 1.807) is 23.9 Å². The fourth-order valence-electron chi connectivity index (χ4n) is 2.67. The molecular formula is C19H31N3O4. The van der Waals surface area contributed by atoms with Gasteiger partial charge in [0, 0.05) is 65.3 Å². The molecular weight excluding hydrogens is 334 g/mol. The molecule has 0 saturated heterocycles. The minimum Gasteiger partial charge on any atom is -0.353 e. The molecule has 0 spiro atoms. The van der Waals surface area contributed by atoms with E-state index in [9.17, 15) is 19.2 Å². The van der Waals surface area contributed by atoms with Crippen LogP contribution in [0, 0.1) is 5.92 Å². The average Bonchev–Trinajstić information content (AvgIpc) is 3.52. The molecule has 0 radical (unpaired) electrons. The number of hydrogen-bond donors (Lipinski definition) is 1. The zero-order valence-corrected chi connectivity index (χ0v) is 16.0. The highest BCUT2D eigenvalue weighted by molar-refractivity contribution is 5.85. The van der Waals surface area contributed by atoms with Crippen LogP contribution in [0.1, 0.15) is 57.8 Å². The average molecular weight is 365 g/mol. The molecule has 3 amide bonds. The van der Waals surface area contributed by atoms with Gasteiger partial charge in [-0.2, -0.15) is 0 Å². The molecule has 7 heteroatoms. The lowest BCUT2D eigenvalue weighted by Gasteiger charge is -2.22. The van der Waals surface area contributed by atoms with Crippen LogP contribution in [0.25, 0.3) is 0 Å². The fourth-order valence-corrected chi connectivity index (χ4v) is 2.67. The lowest BCUT2D eigenvalue weighted by Crippen LogP contribution is -2.38. The first-order valence-corrected chi connectivity index (χ1v) is 9.64. The summed E-state index contributed by atoms with van der Waals surface area (Å²) in [6.07, 6.45) is 5.90. The number of amides is 3. The van der Waals surface area contributed by atoms with Gasteiger partial charge >= 0.3 is 0 Å². The van der Waals surface area contributed by atoms with Crippen LogP contribution in [0.3, 0.4) is 0 Å². The summed E-state index contributed by atoms with van der Waals surface area (Å²) >= 11 is 0. The number of hydrogen-bond acceptors (Lipinski definition) is 4. The Labute approximate surface area is 155 Å². The normalized spacial score (nSPS) is 16.1. The van der Waals surface area contributed by atoms with Gasteiger partial charge in [-0.3, -0.25) is 19.2 Å². The Hall–Kier alpha value is -1.92. The van der Waals surface area contributed by atoms with Crippen LogP contribution in [0.5, 0.6) is 0 Å². The van der Waals surface area contributed by atoms with Crippen molar-refractivity contribution in [1.82, 2.24) is 15.1 Å². The Morgan fingerprint density at radius 1 is 0.808 bits per heavy atom. The Bertz CT molecular complexity index is 493. The molecule has 0 bridgehead atoms. The summed E-state index contributed by atoms with van der Waals surface area (Å²) in [7, 11) is 3.37. The third-order valence-electron chi connectivity index (χ3n) is 4.96. The molecule has 0 atom stereocenters. The number of rotatable bonds is 12. The van der Waals surface area contributed by atoms with E-state index in [4.69, 9.17) is 0 Å². The second-order valence-corrected chi connectivity index (χ2v) is 7.66. The number of nitrogens with zero attached hydrogens (tertiary/aromatic N) is 2. The molecule has 0 unspecified atom stereocenters. The van der Waals surface area contributed by atoms with Gasteiger partial charge < -0.3 is 15.1 Å². The van der Waals surface area contributed by atoms with Crippen LogP contribution in [0.15, 0.2) is 0 Å². The van der Waals surface area contributed by atoms with Gasteiger partial charge in [-0.25, -0.2) is 0 Å². The Morgan fingerprint density at radius 3 is 1.85 bits per heavy atom. The maximum atomic E-state index is 12.1. The summed E-state index contributed by atoms with van der Waals surface area (Å²) in [6.45, 7) is 0.841. The number of likely N-dealkylation sites (N-methyl/N-ethyl adjacent to an activating group) is 2. The molecule has 0 aromatic carbocycles. The van der Waals surface area contributed by atoms with E-state index >= 15 is 0 Å². The SMILES string of the molecule is CN(CCN(C)C(=O)CCC(=O)NC1CC1)C(=O)CCC(=O)CC1CC1. The van der Waals surface area contributed by atoms with Crippen molar-refractivity contribution in [2.45, 2.75) is 63.8 Å². The van der Waals surface area contributed by atoms with Crippen LogP contribution < -0.4 is 5.32 Å². The van der Waals surface area contributed by atoms with Crippen molar-refractivity contribution in [3.05, 3.63) is 0 Å². The number of carbonyl (C=O) groups excluding carboxylic acids is 4. The summed E-state index contributed by atoms with van der Waals surface area (Å²) in [5, 5.41) is 2.86. The molecule has 0 aliphatic heterocycles. The van der Waals surface area contributed by atoms with E-state index in [1.807, 2.05) is 0 Å². The summed E-state index contributed by atoms with van der Waals surface area (Å²) in [6, 6.07) is 0.311. The fraction of sp³-hybridized carbons (Fsp3) is 0.789. The van der Waals surface area contributed by atoms with Crippen LogP contribution >= 0.6 is 0 Å². The maximum Gasteiger partial charge on any atom is 0.222 e. The first-order valence-electron chi connectivity index (χ1n) is 9.64. The zero-order chi connectivity index (χ0) is 19.1. The van der Waals surface area contributed by atoms with Gasteiger partial charge in [0.05, 0.1) is 0 Å². The molecule has 146 valence electrons. The molecule has 2 aliphatic carbocycles. The quantitative estimate of drug-likeness (QED) is 0.561. The highest BCUT2D eigenvalue weighted by atomic mass is 16.2. The van der Waals surface area contributed by atoms with Gasteiger partial charge in [0.15, 0.2) is 0 Å². The standard InChI is InChI=1S/C19H31N3O4/c1-21(18(25)9-7-16(23)13-14-3-4-14)11-12-22(2)19(26)10-8-17(24)20-15-5-6-15/h14-15H,3-13H2,1-2H3,(H,20,24). The number of nitrogens with one attached hydrogen (secondary N) is 1. The monoisotopic (exact) mass is 365 g/mol. The van der Waals surface area contributed by atoms with Crippen molar-refractivity contribution in [1.29, 1.82) is 0 Å². The van der Waals surface area contributed by atoms with Crippen molar-refractivity contribution in [3.8, 4) is 0 Å². The van der Waals surface area contributed by atoms with E-state index in [1.165, 1.54) is 0 Å². The van der Waals surface area contributed by atoms with Gasteiger partial charge in [0.2, 0.25) is 17.7 Å². The van der Waals surface area contributed by atoms with Gasteiger partial charge in [0.1, 0.15) is 5.78 Å². The minimum absolute atomic E-state index is 0.0705. The maximum absolute atomic E-state index is 12.1. The summed E-state index contributed by atoms with van der Waals surface area (Å²) < 4.78 is 0. The summed E-state index contributed by atoms with van der Waals surface area (Å²) in [4.78, 5) is 50.6. The van der Waals surface area contributed by atoms with Crippen LogP contribution in [-0.2, 0) is 19.2 Å². The Balaban J connectivity index is 1.55. The highest BCUT2D eigenvalue weighted by Gasteiger charge is 2.25. The van der Waals surface area contributed by atoms with Crippen LogP contribution in [0.2, 0.25) is 0 Å². The number of Topliss-reactive ketones (excluding diaryl/α,β-unsaturated/α-hetero) is 1. The van der Waals surface area contributed by atoms with Crippen molar-refractivity contribution in [2.75, 3.05) is 27.2 Å². The minimum atomic E-state index is -0.101. The summed E-state index contributed by atoms with van der Waals surface area (Å²) in [5.41, 5.74) is 0. The number of carbonyl (C=O) groups is 4. The zero-order valence-electron chi connectivity index (χ0n) is 16.0. The topological polar surface area (TPSA) is 86.8 Å². The first-order chi connectivity index (χ1) is 12.3. The third kappa shape index (κ3) is 7.97. The van der Waals surface area contributed by atoms with Gasteiger partial charge in [-0.15, -0.1) is 0 Å². The van der Waals surface area contributed by atoms with Gasteiger partial charge in [-0.1, -0.05) is 0 Å². The van der Waals surface area contributed by atoms with Crippen LogP contribution in [-0.4, -0.2) is 66.5 Å². The molecule has 2 fully saturated rings. The van der Waals surface area contributed by atoms with Crippen molar-refractivity contribution in [2.24, 2.45) is 5.92 Å². The molecule has 2 saturated carbocycles. The van der Waals surface area contributed by atoms with E-state index < -0.39 is 0 Å². The molecule has 0 aromatic rings. The molecule has 7 nitrogen and oxygen atoms in total. The lowest BCUT2D eigenvalue weighted by atomic mass is 10.1. The predicted molar refractivity (Wildman–Crippen MR) is 97.3 cm³/mol. The Morgan fingerprint density at radius 2 is 1.35 bits per heavy atom. The molecule has 0 heterocycles. The molecule has 2 aliphatic rings. The Kier molecular flexibility index (Phi) is 7.60. The second-order valence-electron chi connectivity index (χ2n) is 7.66. The van der Waals surface area contributed by atoms with Crippen LogP contribution in [0.4, 0.5) is 0 Å². The largest absolute Gasteiger partial charge is 0.353 e. The molecule has 2 rings (SSSR count). The van der Waals surface area contributed by atoms with E-state index in [0.717, 1.165) is 25.7 Å². The van der Waals surface area contributed by atoms with E-state index in [2.05, 4.69) is 5.32 Å². The van der Waals surface area contributed by atoms with E-state index in [0.29, 0.717) is 37.9 Å². The third-order valence-corrected chi connectivity index (χ3v) is 4.96. The first kappa shape index (κ1) is 20.4. The van der Waals surface area contributed by atoms with Gasteiger partial charge in [0.25, 0.3) is 0 Å². The number of ketones is 1. The van der Waals surface area contributed by atoms with E-state index in [-0.39, 0.29) is 42.8 Å². The molecule has 0 aromatic heterocycles. The second kappa shape index (κ2) is 9.69.